The third-order valence-corrected chi connectivity index (χ3v) is 4.37. The van der Waals surface area contributed by atoms with Crippen LogP contribution < -0.4 is 10.1 Å². The van der Waals surface area contributed by atoms with Crippen molar-refractivity contribution >= 4 is 23.3 Å². The molecule has 1 aliphatic rings. The molecule has 0 saturated heterocycles. The molecular formula is C20H16F3NO5. The third kappa shape index (κ3) is 4.74. The summed E-state index contributed by atoms with van der Waals surface area (Å²) in [5.74, 6) is -2.08. The van der Waals surface area contributed by atoms with Crippen LogP contribution >= 0.6 is 0 Å². The van der Waals surface area contributed by atoms with Crippen molar-refractivity contribution in [2.45, 2.75) is 19.0 Å². The molecule has 0 fully saturated rings. The molecule has 0 radical (unpaired) electrons. The highest BCUT2D eigenvalue weighted by Crippen LogP contribution is 2.33. The first-order valence-corrected chi connectivity index (χ1v) is 8.59. The van der Waals surface area contributed by atoms with Gasteiger partial charge in [0.05, 0.1) is 11.5 Å². The lowest BCUT2D eigenvalue weighted by Crippen LogP contribution is -2.19. The number of fused-ring (bicyclic) bond motifs is 1. The van der Waals surface area contributed by atoms with E-state index >= 15 is 0 Å². The number of nitrogens with one attached hydrogen (secondary N) is 1. The molecule has 0 unspecified atom stereocenters. The standard InChI is InChI=1S/C20H16F3NO5/c1-11-15-7-12(5-6-16(15)24-19(11)27)17(25)9-29-18(26)10-28-14-4-2-3-13(8-14)20(21,22)23/h2-8,11H,9-10H2,1H3,(H,24,27)/t11-/m0/s1. The first-order valence-electron chi connectivity index (χ1n) is 8.59. The average molecular weight is 407 g/mol. The second-order valence-electron chi connectivity index (χ2n) is 6.41. The number of hydrogen-bond acceptors (Lipinski definition) is 5. The summed E-state index contributed by atoms with van der Waals surface area (Å²) in [4.78, 5) is 35.6. The van der Waals surface area contributed by atoms with Gasteiger partial charge in [-0.3, -0.25) is 9.59 Å². The third-order valence-electron chi connectivity index (χ3n) is 4.37. The number of amides is 1. The van der Waals surface area contributed by atoms with Gasteiger partial charge in [0.15, 0.2) is 19.0 Å². The Morgan fingerprint density at radius 3 is 2.59 bits per heavy atom. The summed E-state index contributed by atoms with van der Waals surface area (Å²) in [5.41, 5.74) is 0.682. The van der Waals surface area contributed by atoms with Crippen LogP contribution in [0.4, 0.5) is 18.9 Å². The number of anilines is 1. The lowest BCUT2D eigenvalue weighted by Gasteiger charge is -2.10. The number of carbonyl (C=O) groups is 3. The summed E-state index contributed by atoms with van der Waals surface area (Å²) < 4.78 is 47.8. The molecule has 1 N–H and O–H groups in total. The van der Waals surface area contributed by atoms with Crippen molar-refractivity contribution in [3.63, 3.8) is 0 Å². The van der Waals surface area contributed by atoms with E-state index in [1.807, 2.05) is 0 Å². The van der Waals surface area contributed by atoms with E-state index in [1.54, 1.807) is 19.1 Å². The molecule has 1 amide bonds. The predicted octanol–water partition coefficient (Wildman–Crippen LogP) is 3.57. The molecule has 29 heavy (non-hydrogen) atoms. The molecule has 0 aliphatic carbocycles. The predicted molar refractivity (Wildman–Crippen MR) is 95.7 cm³/mol. The van der Waals surface area contributed by atoms with Crippen LogP contribution in [0.3, 0.4) is 0 Å². The summed E-state index contributed by atoms with van der Waals surface area (Å²) in [6.07, 6.45) is -4.53. The minimum atomic E-state index is -4.53. The first kappa shape index (κ1) is 20.4. The van der Waals surface area contributed by atoms with Gasteiger partial charge in [0.1, 0.15) is 5.75 Å². The van der Waals surface area contributed by atoms with E-state index in [0.29, 0.717) is 11.3 Å². The quantitative estimate of drug-likeness (QED) is 0.585. The Bertz CT molecular complexity index is 971. The molecule has 0 aromatic heterocycles. The number of ketones is 1. The summed E-state index contributed by atoms with van der Waals surface area (Å²) in [5, 5.41) is 2.69. The van der Waals surface area contributed by atoms with Gasteiger partial charge in [-0.25, -0.2) is 4.79 Å². The lowest BCUT2D eigenvalue weighted by atomic mass is 9.99. The normalized spacial score (nSPS) is 15.4. The Balaban J connectivity index is 1.53. The van der Waals surface area contributed by atoms with E-state index in [2.05, 4.69) is 5.32 Å². The molecule has 0 spiro atoms. The Morgan fingerprint density at radius 2 is 1.86 bits per heavy atom. The second kappa shape index (κ2) is 7.94. The highest BCUT2D eigenvalue weighted by Gasteiger charge is 2.30. The molecule has 2 aromatic rings. The van der Waals surface area contributed by atoms with Crippen LogP contribution in [0, 0.1) is 0 Å². The van der Waals surface area contributed by atoms with Crippen LogP contribution in [0.2, 0.25) is 0 Å². The SMILES string of the molecule is C[C@@H]1C(=O)Nc2ccc(C(=O)COC(=O)COc3cccc(C(F)(F)F)c3)cc21. The summed E-state index contributed by atoms with van der Waals surface area (Å²) in [6, 6.07) is 8.74. The van der Waals surface area contributed by atoms with Gasteiger partial charge < -0.3 is 14.8 Å². The Kier molecular flexibility index (Phi) is 5.58. The number of esters is 1. The molecular weight excluding hydrogens is 391 g/mol. The van der Waals surface area contributed by atoms with E-state index < -0.39 is 36.7 Å². The van der Waals surface area contributed by atoms with Gasteiger partial charge in [0.2, 0.25) is 5.91 Å². The first-order chi connectivity index (χ1) is 13.6. The van der Waals surface area contributed by atoms with Gasteiger partial charge in [-0.05, 0) is 48.9 Å². The van der Waals surface area contributed by atoms with Gasteiger partial charge in [-0.1, -0.05) is 6.07 Å². The second-order valence-corrected chi connectivity index (χ2v) is 6.41. The highest BCUT2D eigenvalue weighted by molar-refractivity contribution is 6.05. The summed E-state index contributed by atoms with van der Waals surface area (Å²) in [7, 11) is 0. The van der Waals surface area contributed by atoms with Crippen molar-refractivity contribution in [1.29, 1.82) is 0 Å². The zero-order valence-corrected chi connectivity index (χ0v) is 15.2. The van der Waals surface area contributed by atoms with Crippen LogP contribution in [-0.4, -0.2) is 30.9 Å². The minimum absolute atomic E-state index is 0.145. The van der Waals surface area contributed by atoms with E-state index in [-0.39, 0.29) is 23.1 Å². The summed E-state index contributed by atoms with van der Waals surface area (Å²) in [6.45, 7) is 0.508. The fourth-order valence-electron chi connectivity index (χ4n) is 2.77. The summed E-state index contributed by atoms with van der Waals surface area (Å²) >= 11 is 0. The monoisotopic (exact) mass is 407 g/mol. The van der Waals surface area contributed by atoms with Gasteiger partial charge >= 0.3 is 12.1 Å². The fraction of sp³-hybridized carbons (Fsp3) is 0.250. The molecule has 9 heteroatoms. The minimum Gasteiger partial charge on any atom is -0.482 e. The van der Waals surface area contributed by atoms with Crippen LogP contribution in [0.25, 0.3) is 0 Å². The van der Waals surface area contributed by atoms with E-state index in [0.717, 1.165) is 18.2 Å². The van der Waals surface area contributed by atoms with Crippen LogP contribution in [-0.2, 0) is 20.5 Å². The Labute approximate surface area is 163 Å². The molecule has 0 bridgehead atoms. The Hall–Kier alpha value is -3.36. The van der Waals surface area contributed by atoms with Crippen molar-refractivity contribution < 1.29 is 37.0 Å². The molecule has 6 nitrogen and oxygen atoms in total. The number of hydrogen-bond donors (Lipinski definition) is 1. The molecule has 3 rings (SSSR count). The van der Waals surface area contributed by atoms with Crippen molar-refractivity contribution in [2.75, 3.05) is 18.5 Å². The van der Waals surface area contributed by atoms with Gasteiger partial charge in [-0.2, -0.15) is 13.2 Å². The van der Waals surface area contributed by atoms with Gasteiger partial charge in [0, 0.05) is 11.3 Å². The molecule has 152 valence electrons. The van der Waals surface area contributed by atoms with E-state index in [1.165, 1.54) is 12.1 Å². The maximum absolute atomic E-state index is 12.7. The number of ether oxygens (including phenoxy) is 2. The average Bonchev–Trinajstić information content (AvgIpc) is 2.97. The fourth-order valence-corrected chi connectivity index (χ4v) is 2.77. The van der Waals surface area contributed by atoms with Gasteiger partial charge in [-0.15, -0.1) is 0 Å². The van der Waals surface area contributed by atoms with Crippen molar-refractivity contribution in [1.82, 2.24) is 0 Å². The largest absolute Gasteiger partial charge is 0.482 e. The van der Waals surface area contributed by atoms with Crippen molar-refractivity contribution in [3.05, 3.63) is 59.2 Å². The number of carbonyl (C=O) groups excluding carboxylic acids is 3. The van der Waals surface area contributed by atoms with Gasteiger partial charge in [0.25, 0.3) is 0 Å². The highest BCUT2D eigenvalue weighted by atomic mass is 19.4. The molecule has 1 aliphatic heterocycles. The Morgan fingerprint density at radius 1 is 1.10 bits per heavy atom. The topological polar surface area (TPSA) is 81.7 Å². The van der Waals surface area contributed by atoms with Crippen molar-refractivity contribution in [2.24, 2.45) is 0 Å². The van der Waals surface area contributed by atoms with Crippen LogP contribution in [0.1, 0.15) is 34.3 Å². The zero-order valence-electron chi connectivity index (χ0n) is 15.2. The molecule has 1 atom stereocenters. The number of alkyl halides is 3. The maximum Gasteiger partial charge on any atom is 0.416 e. The number of rotatable bonds is 6. The van der Waals surface area contributed by atoms with E-state index in [9.17, 15) is 27.6 Å². The number of Topliss-reactive ketones (excluding diaryl/α,β-unsaturated/α-hetero) is 1. The van der Waals surface area contributed by atoms with Crippen LogP contribution in [0.5, 0.6) is 5.75 Å². The number of benzene rings is 2. The lowest BCUT2D eigenvalue weighted by molar-refractivity contribution is -0.144. The molecule has 2 aromatic carbocycles. The zero-order chi connectivity index (χ0) is 21.2. The maximum atomic E-state index is 12.7. The molecule has 1 heterocycles. The number of halogens is 3. The van der Waals surface area contributed by atoms with Crippen molar-refractivity contribution in [3.8, 4) is 5.75 Å². The van der Waals surface area contributed by atoms with E-state index in [4.69, 9.17) is 9.47 Å². The van der Waals surface area contributed by atoms with Crippen LogP contribution in [0.15, 0.2) is 42.5 Å². The smallest absolute Gasteiger partial charge is 0.416 e. The molecule has 0 saturated carbocycles.